The van der Waals surface area contributed by atoms with Crippen LogP contribution in [0.2, 0.25) is 0 Å². The van der Waals surface area contributed by atoms with Gasteiger partial charge in [-0.05, 0) is 44.0 Å². The number of ether oxygens (including phenoxy) is 1. The Balaban J connectivity index is 1.60. The van der Waals surface area contributed by atoms with Gasteiger partial charge in [0.15, 0.2) is 0 Å². The number of nitrogens with zero attached hydrogens (tertiary/aromatic N) is 1. The van der Waals surface area contributed by atoms with Crippen LogP contribution >= 0.6 is 0 Å². The molecule has 1 aromatic heterocycles. The predicted octanol–water partition coefficient (Wildman–Crippen LogP) is 2.11. The average molecular weight is 301 g/mol. The number of aliphatic hydroxyl groups excluding tert-OH is 1. The summed E-state index contributed by atoms with van der Waals surface area (Å²) >= 11 is 0. The summed E-state index contributed by atoms with van der Waals surface area (Å²) in [4.78, 5) is 14.4. The molecule has 1 aromatic carbocycles. The summed E-state index contributed by atoms with van der Waals surface area (Å²) in [5, 5.41) is 11.2. The molecular formula is C17H19NO4. The Kier molecular flexibility index (Phi) is 3.03. The van der Waals surface area contributed by atoms with E-state index in [0.29, 0.717) is 25.3 Å². The van der Waals surface area contributed by atoms with Gasteiger partial charge in [-0.2, -0.15) is 0 Å². The van der Waals surface area contributed by atoms with E-state index in [2.05, 4.69) is 0 Å². The number of hydrogen-bond acceptors (Lipinski definition) is 4. The molecule has 22 heavy (non-hydrogen) atoms. The zero-order chi connectivity index (χ0) is 15.3. The van der Waals surface area contributed by atoms with Crippen LogP contribution in [0.5, 0.6) is 0 Å². The number of hydrogen-bond donors (Lipinski definition) is 1. The van der Waals surface area contributed by atoms with Gasteiger partial charge in [0.05, 0.1) is 6.54 Å². The molecule has 0 saturated carbocycles. The Morgan fingerprint density at radius 2 is 2.27 bits per heavy atom. The normalized spacial score (nSPS) is 28.1. The highest BCUT2D eigenvalue weighted by atomic mass is 16.5. The third kappa shape index (κ3) is 2.04. The fraction of sp³-hybridized carbons (Fsp3) is 0.471. The fourth-order valence-electron chi connectivity index (χ4n) is 3.62. The molecule has 2 atom stereocenters. The van der Waals surface area contributed by atoms with Gasteiger partial charge >= 0.3 is 0 Å². The van der Waals surface area contributed by atoms with Crippen molar-refractivity contribution in [3.63, 3.8) is 0 Å². The highest BCUT2D eigenvalue weighted by molar-refractivity contribution is 5.98. The smallest absolute Gasteiger partial charge is 0.254 e. The zero-order valence-electron chi connectivity index (χ0n) is 12.5. The Morgan fingerprint density at radius 1 is 1.41 bits per heavy atom. The number of carbonyl (C=O) groups is 1. The minimum atomic E-state index is -0.598. The van der Waals surface area contributed by atoms with Crippen LogP contribution in [0, 0.1) is 6.92 Å². The molecule has 116 valence electrons. The maximum atomic E-state index is 12.7. The number of rotatable bonds is 1. The second kappa shape index (κ2) is 4.83. The highest BCUT2D eigenvalue weighted by Gasteiger charge is 2.50. The van der Waals surface area contributed by atoms with Crippen LogP contribution < -0.4 is 0 Å². The number of benzene rings is 1. The Morgan fingerprint density at radius 3 is 3.05 bits per heavy atom. The van der Waals surface area contributed by atoms with Gasteiger partial charge in [-0.1, -0.05) is 0 Å². The lowest BCUT2D eigenvalue weighted by atomic mass is 9.97. The van der Waals surface area contributed by atoms with E-state index in [4.69, 9.17) is 9.15 Å². The van der Waals surface area contributed by atoms with E-state index in [9.17, 15) is 9.90 Å². The van der Waals surface area contributed by atoms with E-state index in [1.54, 1.807) is 11.0 Å². The summed E-state index contributed by atoms with van der Waals surface area (Å²) in [6.07, 6.45) is 1.16. The largest absolute Gasteiger partial charge is 0.461 e. The van der Waals surface area contributed by atoms with Crippen molar-refractivity contribution in [3.05, 3.63) is 35.6 Å². The number of aliphatic hydroxyl groups is 1. The second-order valence-electron chi connectivity index (χ2n) is 6.33. The van der Waals surface area contributed by atoms with E-state index in [1.165, 1.54) is 0 Å². The molecule has 4 rings (SSSR count). The Hall–Kier alpha value is -1.85. The first-order valence-corrected chi connectivity index (χ1v) is 7.69. The van der Waals surface area contributed by atoms with Crippen LogP contribution in [-0.4, -0.2) is 47.3 Å². The van der Waals surface area contributed by atoms with Gasteiger partial charge < -0.3 is 19.2 Å². The summed E-state index contributed by atoms with van der Waals surface area (Å²) in [5.41, 5.74) is 0.855. The van der Waals surface area contributed by atoms with Crippen molar-refractivity contribution in [1.29, 1.82) is 0 Å². The number of furan rings is 1. The molecule has 2 fully saturated rings. The van der Waals surface area contributed by atoms with Crippen molar-refractivity contribution in [1.82, 2.24) is 4.90 Å². The molecule has 2 saturated heterocycles. The molecule has 2 aliphatic rings. The van der Waals surface area contributed by atoms with Crippen LogP contribution in [0.3, 0.4) is 0 Å². The molecule has 3 heterocycles. The third-order valence-corrected chi connectivity index (χ3v) is 4.77. The first-order valence-electron chi connectivity index (χ1n) is 7.69. The van der Waals surface area contributed by atoms with Crippen molar-refractivity contribution in [2.45, 2.75) is 31.5 Å². The van der Waals surface area contributed by atoms with Gasteiger partial charge in [-0.25, -0.2) is 0 Å². The van der Waals surface area contributed by atoms with Crippen molar-refractivity contribution < 1.29 is 19.1 Å². The van der Waals surface area contributed by atoms with Crippen molar-refractivity contribution in [2.75, 3.05) is 19.7 Å². The number of carbonyl (C=O) groups excluding carboxylic acids is 1. The molecule has 5 heteroatoms. The molecule has 0 aliphatic carbocycles. The van der Waals surface area contributed by atoms with Gasteiger partial charge in [0.25, 0.3) is 5.91 Å². The summed E-state index contributed by atoms with van der Waals surface area (Å²) < 4.78 is 11.3. The quantitative estimate of drug-likeness (QED) is 0.876. The number of fused-ring (bicyclic) bond motifs is 1. The van der Waals surface area contributed by atoms with E-state index < -0.39 is 11.7 Å². The minimum absolute atomic E-state index is 0.0628. The van der Waals surface area contributed by atoms with E-state index in [-0.39, 0.29) is 5.91 Å². The van der Waals surface area contributed by atoms with Gasteiger partial charge in [0.2, 0.25) is 0 Å². The lowest BCUT2D eigenvalue weighted by Crippen LogP contribution is -2.41. The molecule has 1 N–H and O–H groups in total. The maximum Gasteiger partial charge on any atom is 0.254 e. The van der Waals surface area contributed by atoms with Crippen LogP contribution in [0.15, 0.2) is 28.7 Å². The second-order valence-corrected chi connectivity index (χ2v) is 6.33. The summed E-state index contributed by atoms with van der Waals surface area (Å²) in [6, 6.07) is 7.37. The third-order valence-electron chi connectivity index (χ3n) is 4.77. The molecule has 2 aliphatic heterocycles. The predicted molar refractivity (Wildman–Crippen MR) is 80.8 cm³/mol. The zero-order valence-corrected chi connectivity index (χ0v) is 12.5. The first-order chi connectivity index (χ1) is 10.6. The molecule has 1 amide bonds. The van der Waals surface area contributed by atoms with Crippen molar-refractivity contribution >= 4 is 16.9 Å². The molecule has 0 unspecified atom stereocenters. The summed E-state index contributed by atoms with van der Waals surface area (Å²) in [5.74, 6) is 0.765. The van der Waals surface area contributed by atoms with Gasteiger partial charge in [0, 0.05) is 24.1 Å². The standard InChI is InChI=1S/C17H19NO4/c1-11-7-13-8-12(3-4-14(13)22-11)16(20)18-9-15(19)17(10-18)5-2-6-21-17/h3-4,7-8,15,19H,2,5-6,9-10H2,1H3/t15-,17-/m0/s1. The monoisotopic (exact) mass is 301 g/mol. The molecule has 2 aromatic rings. The maximum absolute atomic E-state index is 12.7. The Labute approximate surface area is 128 Å². The van der Waals surface area contributed by atoms with E-state index in [1.807, 2.05) is 25.1 Å². The fourth-order valence-corrected chi connectivity index (χ4v) is 3.62. The average Bonchev–Trinajstić information content (AvgIpc) is 3.18. The van der Waals surface area contributed by atoms with Crippen molar-refractivity contribution in [3.8, 4) is 0 Å². The number of likely N-dealkylation sites (tertiary alicyclic amines) is 1. The lowest BCUT2D eigenvalue weighted by molar-refractivity contribution is -0.0590. The molecule has 0 radical (unpaired) electrons. The molecule has 5 nitrogen and oxygen atoms in total. The molecule has 1 spiro atoms. The number of aryl methyl sites for hydroxylation is 1. The first kappa shape index (κ1) is 13.8. The highest BCUT2D eigenvalue weighted by Crippen LogP contribution is 2.36. The topological polar surface area (TPSA) is 62.9 Å². The SMILES string of the molecule is Cc1cc2cc(C(=O)N3C[C@H](O)[C@]4(CCCO4)C3)ccc2o1. The van der Waals surface area contributed by atoms with Gasteiger partial charge in [0.1, 0.15) is 23.0 Å². The molecular weight excluding hydrogens is 282 g/mol. The molecule has 0 bridgehead atoms. The van der Waals surface area contributed by atoms with E-state index >= 15 is 0 Å². The van der Waals surface area contributed by atoms with Crippen LogP contribution in [0.1, 0.15) is 29.0 Å². The lowest BCUT2D eigenvalue weighted by Gasteiger charge is -2.25. The van der Waals surface area contributed by atoms with Gasteiger partial charge in [-0.3, -0.25) is 4.79 Å². The van der Waals surface area contributed by atoms with Crippen LogP contribution in [0.4, 0.5) is 0 Å². The van der Waals surface area contributed by atoms with Gasteiger partial charge in [-0.15, -0.1) is 0 Å². The van der Waals surface area contributed by atoms with E-state index in [0.717, 1.165) is 29.6 Å². The van der Waals surface area contributed by atoms with Crippen LogP contribution in [0.25, 0.3) is 11.0 Å². The van der Waals surface area contributed by atoms with Crippen LogP contribution in [-0.2, 0) is 4.74 Å². The van der Waals surface area contributed by atoms with Crippen molar-refractivity contribution in [2.24, 2.45) is 0 Å². The Bertz CT molecular complexity index is 729. The minimum Gasteiger partial charge on any atom is -0.461 e. The summed E-state index contributed by atoms with van der Waals surface area (Å²) in [6.45, 7) is 3.36. The summed E-state index contributed by atoms with van der Waals surface area (Å²) in [7, 11) is 0. The number of β-amino-alcohol motifs (C(OH)–C–C–N with tert-alkyl or cyclic N) is 1. The number of amides is 1.